The zero-order chi connectivity index (χ0) is 16.7. The molecule has 0 radical (unpaired) electrons. The molecule has 0 bridgehead atoms. The van der Waals surface area contributed by atoms with Crippen LogP contribution in [0.4, 0.5) is 0 Å². The second-order valence-electron chi connectivity index (χ2n) is 6.31. The van der Waals surface area contributed by atoms with Crippen LogP contribution < -0.4 is 0 Å². The molecular formula is C19H19ClN2O2. The Morgan fingerprint density at radius 2 is 1.96 bits per heavy atom. The SMILES string of the molecule is Cc1cc2c(cc(C(=O)N3CCCC3)n2Cc2ccccc2Cl)o1. The van der Waals surface area contributed by atoms with E-state index in [-0.39, 0.29) is 5.91 Å². The standard InChI is InChI=1S/C19H19ClN2O2/c1-13-10-16-18(24-13)11-17(19(23)21-8-4-5-9-21)22(16)12-14-6-2-3-7-15(14)20/h2-3,6-7,10-11H,4-5,8-9,12H2,1H3. The molecule has 1 aliphatic rings. The van der Waals surface area contributed by atoms with E-state index in [0.717, 1.165) is 48.4 Å². The van der Waals surface area contributed by atoms with Crippen LogP contribution in [0, 0.1) is 6.92 Å². The van der Waals surface area contributed by atoms with Crippen LogP contribution in [-0.4, -0.2) is 28.5 Å². The molecule has 4 nitrogen and oxygen atoms in total. The summed E-state index contributed by atoms with van der Waals surface area (Å²) in [7, 11) is 0. The third kappa shape index (κ3) is 2.61. The van der Waals surface area contributed by atoms with Gasteiger partial charge < -0.3 is 13.9 Å². The summed E-state index contributed by atoms with van der Waals surface area (Å²) in [6.07, 6.45) is 2.15. The van der Waals surface area contributed by atoms with Gasteiger partial charge in [0.25, 0.3) is 5.91 Å². The average Bonchev–Trinajstić information content (AvgIpc) is 3.26. The first-order chi connectivity index (χ1) is 11.6. The molecule has 0 atom stereocenters. The molecule has 3 heterocycles. The van der Waals surface area contributed by atoms with Crippen LogP contribution in [0.25, 0.3) is 11.1 Å². The molecule has 1 amide bonds. The minimum absolute atomic E-state index is 0.0728. The number of amides is 1. The minimum Gasteiger partial charge on any atom is -0.460 e. The number of carbonyl (C=O) groups is 1. The summed E-state index contributed by atoms with van der Waals surface area (Å²) in [5.41, 5.74) is 3.36. The number of aromatic nitrogens is 1. The van der Waals surface area contributed by atoms with Gasteiger partial charge >= 0.3 is 0 Å². The van der Waals surface area contributed by atoms with Crippen molar-refractivity contribution in [3.05, 3.63) is 58.4 Å². The van der Waals surface area contributed by atoms with Gasteiger partial charge in [0.2, 0.25) is 0 Å². The van der Waals surface area contributed by atoms with Gasteiger partial charge in [-0.3, -0.25) is 4.79 Å². The van der Waals surface area contributed by atoms with Crippen molar-refractivity contribution >= 4 is 28.6 Å². The van der Waals surface area contributed by atoms with Gasteiger partial charge in [-0.05, 0) is 31.4 Å². The largest absolute Gasteiger partial charge is 0.460 e. The fourth-order valence-electron chi connectivity index (χ4n) is 3.39. The maximum atomic E-state index is 12.9. The smallest absolute Gasteiger partial charge is 0.270 e. The quantitative estimate of drug-likeness (QED) is 0.703. The molecule has 1 aromatic carbocycles. The highest BCUT2D eigenvalue weighted by molar-refractivity contribution is 6.31. The number of hydrogen-bond donors (Lipinski definition) is 0. The fourth-order valence-corrected chi connectivity index (χ4v) is 3.59. The Kier molecular flexibility index (Phi) is 3.85. The Bertz CT molecular complexity index is 903. The first-order valence-corrected chi connectivity index (χ1v) is 8.63. The van der Waals surface area contributed by atoms with Crippen molar-refractivity contribution in [3.8, 4) is 0 Å². The molecule has 124 valence electrons. The fraction of sp³-hybridized carbons (Fsp3) is 0.316. The van der Waals surface area contributed by atoms with Gasteiger partial charge in [0.15, 0.2) is 5.58 Å². The Morgan fingerprint density at radius 1 is 1.21 bits per heavy atom. The molecule has 0 aliphatic carbocycles. The third-order valence-electron chi connectivity index (χ3n) is 4.61. The van der Waals surface area contributed by atoms with Gasteiger partial charge in [-0.2, -0.15) is 0 Å². The van der Waals surface area contributed by atoms with Gasteiger partial charge in [-0.1, -0.05) is 29.8 Å². The Balaban J connectivity index is 1.80. The number of likely N-dealkylation sites (tertiary alicyclic amines) is 1. The second kappa shape index (κ2) is 6.02. The molecule has 0 N–H and O–H groups in total. The molecule has 0 spiro atoms. The molecule has 3 aromatic rings. The maximum Gasteiger partial charge on any atom is 0.270 e. The van der Waals surface area contributed by atoms with Crippen LogP contribution in [0.1, 0.15) is 34.7 Å². The van der Waals surface area contributed by atoms with Crippen LogP contribution in [0.2, 0.25) is 5.02 Å². The third-order valence-corrected chi connectivity index (χ3v) is 4.98. The van der Waals surface area contributed by atoms with Gasteiger partial charge in [0, 0.05) is 36.8 Å². The summed E-state index contributed by atoms with van der Waals surface area (Å²) < 4.78 is 7.77. The number of furan rings is 1. The van der Waals surface area contributed by atoms with Crippen LogP contribution in [0.3, 0.4) is 0 Å². The number of rotatable bonds is 3. The minimum atomic E-state index is 0.0728. The Hall–Kier alpha value is -2.20. The number of benzene rings is 1. The highest BCUT2D eigenvalue weighted by atomic mass is 35.5. The summed E-state index contributed by atoms with van der Waals surface area (Å²) in [5.74, 6) is 0.914. The molecule has 5 heteroatoms. The number of carbonyl (C=O) groups excluding carboxylic acids is 1. The van der Waals surface area contributed by atoms with Gasteiger partial charge in [-0.15, -0.1) is 0 Å². The summed E-state index contributed by atoms with van der Waals surface area (Å²) in [6.45, 7) is 4.13. The number of hydrogen-bond acceptors (Lipinski definition) is 2. The van der Waals surface area contributed by atoms with E-state index in [1.807, 2.05) is 52.8 Å². The monoisotopic (exact) mass is 342 g/mol. The second-order valence-corrected chi connectivity index (χ2v) is 6.72. The summed E-state index contributed by atoms with van der Waals surface area (Å²) in [4.78, 5) is 14.8. The zero-order valence-electron chi connectivity index (χ0n) is 13.6. The lowest BCUT2D eigenvalue weighted by Gasteiger charge is -2.17. The van der Waals surface area contributed by atoms with Crippen molar-refractivity contribution in [2.24, 2.45) is 0 Å². The number of aryl methyl sites for hydroxylation is 1. The highest BCUT2D eigenvalue weighted by Crippen LogP contribution is 2.28. The zero-order valence-corrected chi connectivity index (χ0v) is 14.3. The molecular weight excluding hydrogens is 324 g/mol. The lowest BCUT2D eigenvalue weighted by Crippen LogP contribution is -2.29. The van der Waals surface area contributed by atoms with E-state index >= 15 is 0 Å². The normalized spacial score (nSPS) is 14.7. The van der Waals surface area contributed by atoms with E-state index in [1.54, 1.807) is 0 Å². The average molecular weight is 343 g/mol. The molecule has 24 heavy (non-hydrogen) atoms. The van der Waals surface area contributed by atoms with Gasteiger partial charge in [0.1, 0.15) is 11.5 Å². The molecule has 0 saturated carbocycles. The summed E-state index contributed by atoms with van der Waals surface area (Å²) in [5, 5.41) is 0.708. The van der Waals surface area contributed by atoms with Crippen molar-refractivity contribution < 1.29 is 9.21 Å². The van der Waals surface area contributed by atoms with Crippen LogP contribution in [0.5, 0.6) is 0 Å². The maximum absolute atomic E-state index is 12.9. The van der Waals surface area contributed by atoms with Crippen LogP contribution in [0.15, 0.2) is 40.8 Å². The Labute approximate surface area is 145 Å². The van der Waals surface area contributed by atoms with Crippen molar-refractivity contribution in [2.75, 3.05) is 13.1 Å². The van der Waals surface area contributed by atoms with E-state index in [1.165, 1.54) is 0 Å². The Morgan fingerprint density at radius 3 is 2.71 bits per heavy atom. The van der Waals surface area contributed by atoms with Crippen molar-refractivity contribution in [1.29, 1.82) is 0 Å². The molecule has 0 unspecified atom stereocenters. The van der Waals surface area contributed by atoms with Gasteiger partial charge in [0.05, 0.1) is 5.52 Å². The lowest BCUT2D eigenvalue weighted by molar-refractivity contribution is 0.0783. The molecule has 1 fully saturated rings. The predicted octanol–water partition coefficient (Wildman–Crippen LogP) is 4.48. The van der Waals surface area contributed by atoms with E-state index in [0.29, 0.717) is 17.3 Å². The van der Waals surface area contributed by atoms with Crippen molar-refractivity contribution in [3.63, 3.8) is 0 Å². The lowest BCUT2D eigenvalue weighted by atomic mass is 10.2. The summed E-state index contributed by atoms with van der Waals surface area (Å²) >= 11 is 6.32. The first kappa shape index (κ1) is 15.3. The van der Waals surface area contributed by atoms with E-state index < -0.39 is 0 Å². The number of nitrogens with zero attached hydrogens (tertiary/aromatic N) is 2. The first-order valence-electron chi connectivity index (χ1n) is 8.26. The molecule has 4 rings (SSSR count). The number of fused-ring (bicyclic) bond motifs is 1. The highest BCUT2D eigenvalue weighted by Gasteiger charge is 2.25. The van der Waals surface area contributed by atoms with Crippen LogP contribution in [-0.2, 0) is 6.54 Å². The molecule has 1 saturated heterocycles. The summed E-state index contributed by atoms with van der Waals surface area (Å²) in [6, 6.07) is 11.6. The van der Waals surface area contributed by atoms with E-state index in [2.05, 4.69) is 0 Å². The predicted molar refractivity (Wildman–Crippen MR) is 94.6 cm³/mol. The van der Waals surface area contributed by atoms with E-state index in [9.17, 15) is 4.79 Å². The molecule has 2 aromatic heterocycles. The number of halogens is 1. The molecule has 1 aliphatic heterocycles. The van der Waals surface area contributed by atoms with Crippen LogP contribution >= 0.6 is 11.6 Å². The topological polar surface area (TPSA) is 38.4 Å². The van der Waals surface area contributed by atoms with Crippen molar-refractivity contribution in [1.82, 2.24) is 9.47 Å². The van der Waals surface area contributed by atoms with Gasteiger partial charge in [-0.25, -0.2) is 0 Å². The van der Waals surface area contributed by atoms with E-state index in [4.69, 9.17) is 16.0 Å². The van der Waals surface area contributed by atoms with Crippen molar-refractivity contribution in [2.45, 2.75) is 26.3 Å².